The van der Waals surface area contributed by atoms with E-state index in [1.807, 2.05) is 36.9 Å². The standard InChI is InChI=1S/C25H36N4O3S/c1-5-7-14-28(6-2)25(30)21-9-10-23(29-15-12-26-13-16-29)22(18-21)27-33(31,32)24-11-8-19(3)17-20(24)4/h8-11,17-18,26-27H,5-7,12-16H2,1-4H3. The van der Waals surface area contributed by atoms with Crippen LogP contribution >= 0.6 is 0 Å². The van der Waals surface area contributed by atoms with Crippen molar-refractivity contribution >= 4 is 27.3 Å². The molecule has 0 aliphatic carbocycles. The first-order valence-corrected chi connectivity index (χ1v) is 13.2. The summed E-state index contributed by atoms with van der Waals surface area (Å²) < 4.78 is 29.5. The Morgan fingerprint density at radius 2 is 1.82 bits per heavy atom. The van der Waals surface area contributed by atoms with E-state index in [0.29, 0.717) is 29.9 Å². The van der Waals surface area contributed by atoms with E-state index in [9.17, 15) is 13.2 Å². The minimum absolute atomic E-state index is 0.0789. The van der Waals surface area contributed by atoms with Crippen LogP contribution in [0.5, 0.6) is 0 Å². The molecule has 1 aliphatic heterocycles. The second-order valence-electron chi connectivity index (χ2n) is 8.58. The zero-order valence-electron chi connectivity index (χ0n) is 20.1. The maximum Gasteiger partial charge on any atom is 0.262 e. The van der Waals surface area contributed by atoms with Gasteiger partial charge in [0.05, 0.1) is 16.3 Å². The second-order valence-corrected chi connectivity index (χ2v) is 10.2. The predicted molar refractivity (Wildman–Crippen MR) is 135 cm³/mol. The highest BCUT2D eigenvalue weighted by molar-refractivity contribution is 7.92. The zero-order valence-corrected chi connectivity index (χ0v) is 21.0. The number of sulfonamides is 1. The van der Waals surface area contributed by atoms with Gasteiger partial charge < -0.3 is 15.1 Å². The maximum absolute atomic E-state index is 13.3. The molecule has 1 aliphatic rings. The van der Waals surface area contributed by atoms with Crippen molar-refractivity contribution in [2.45, 2.75) is 45.4 Å². The van der Waals surface area contributed by atoms with E-state index in [1.165, 1.54) is 0 Å². The molecule has 180 valence electrons. The fraction of sp³-hybridized carbons (Fsp3) is 0.480. The molecule has 0 saturated carbocycles. The lowest BCUT2D eigenvalue weighted by Gasteiger charge is -2.31. The van der Waals surface area contributed by atoms with Gasteiger partial charge in [-0.05, 0) is 57.0 Å². The Bertz CT molecular complexity index is 1080. The third-order valence-corrected chi connectivity index (χ3v) is 7.54. The van der Waals surface area contributed by atoms with Gasteiger partial charge in [-0.15, -0.1) is 0 Å². The molecule has 1 heterocycles. The van der Waals surface area contributed by atoms with Crippen LogP contribution in [0, 0.1) is 13.8 Å². The lowest BCUT2D eigenvalue weighted by molar-refractivity contribution is 0.0762. The van der Waals surface area contributed by atoms with E-state index in [2.05, 4.69) is 21.9 Å². The third kappa shape index (κ3) is 6.06. The number of amides is 1. The van der Waals surface area contributed by atoms with Crippen molar-refractivity contribution < 1.29 is 13.2 Å². The summed E-state index contributed by atoms with van der Waals surface area (Å²) in [5.41, 5.74) is 3.42. The molecule has 0 atom stereocenters. The number of rotatable bonds is 9. The van der Waals surface area contributed by atoms with Gasteiger partial charge in [0.1, 0.15) is 0 Å². The van der Waals surface area contributed by atoms with Gasteiger partial charge in [-0.1, -0.05) is 31.0 Å². The van der Waals surface area contributed by atoms with Crippen molar-refractivity contribution in [1.29, 1.82) is 0 Å². The first-order valence-electron chi connectivity index (χ1n) is 11.8. The van der Waals surface area contributed by atoms with Gasteiger partial charge in [-0.2, -0.15) is 0 Å². The lowest BCUT2D eigenvalue weighted by Crippen LogP contribution is -2.43. The Morgan fingerprint density at radius 3 is 2.45 bits per heavy atom. The largest absolute Gasteiger partial charge is 0.367 e. The molecule has 0 aromatic heterocycles. The molecule has 0 bridgehead atoms. The number of benzene rings is 2. The average molecular weight is 473 g/mol. The minimum Gasteiger partial charge on any atom is -0.367 e. The molecule has 0 spiro atoms. The number of hydrogen-bond donors (Lipinski definition) is 2. The number of aryl methyl sites for hydroxylation is 2. The Labute approximate surface area is 198 Å². The predicted octanol–water partition coefficient (Wildman–Crippen LogP) is 3.78. The fourth-order valence-corrected chi connectivity index (χ4v) is 5.46. The Kier molecular flexibility index (Phi) is 8.37. The topological polar surface area (TPSA) is 81.8 Å². The van der Waals surface area contributed by atoms with E-state index in [4.69, 9.17) is 0 Å². The summed E-state index contributed by atoms with van der Waals surface area (Å²) in [6.45, 7) is 12.3. The van der Waals surface area contributed by atoms with E-state index in [-0.39, 0.29) is 10.8 Å². The highest BCUT2D eigenvalue weighted by Gasteiger charge is 2.23. The van der Waals surface area contributed by atoms with Gasteiger partial charge in [-0.25, -0.2) is 8.42 Å². The van der Waals surface area contributed by atoms with Crippen LogP contribution in [0.15, 0.2) is 41.3 Å². The van der Waals surface area contributed by atoms with Crippen molar-refractivity contribution in [3.63, 3.8) is 0 Å². The molecule has 0 radical (unpaired) electrons. The smallest absolute Gasteiger partial charge is 0.262 e. The van der Waals surface area contributed by atoms with E-state index < -0.39 is 10.0 Å². The number of nitrogens with one attached hydrogen (secondary N) is 2. The van der Waals surface area contributed by atoms with Crippen LogP contribution in [0.2, 0.25) is 0 Å². The number of anilines is 2. The number of carbonyl (C=O) groups excluding carboxylic acids is 1. The van der Waals surface area contributed by atoms with Crippen LogP contribution in [0.3, 0.4) is 0 Å². The van der Waals surface area contributed by atoms with Crippen molar-refractivity contribution in [2.75, 3.05) is 48.9 Å². The van der Waals surface area contributed by atoms with Crippen LogP contribution in [0.25, 0.3) is 0 Å². The quantitative estimate of drug-likeness (QED) is 0.581. The second kappa shape index (κ2) is 11.0. The number of carbonyl (C=O) groups is 1. The highest BCUT2D eigenvalue weighted by atomic mass is 32.2. The molecule has 0 unspecified atom stereocenters. The van der Waals surface area contributed by atoms with E-state index in [1.54, 1.807) is 25.1 Å². The fourth-order valence-electron chi connectivity index (χ4n) is 4.17. The van der Waals surface area contributed by atoms with Gasteiger partial charge in [0, 0.05) is 44.8 Å². The van der Waals surface area contributed by atoms with Crippen LogP contribution < -0.4 is 14.9 Å². The molecule has 1 saturated heterocycles. The van der Waals surface area contributed by atoms with Gasteiger partial charge in [0.25, 0.3) is 15.9 Å². The van der Waals surface area contributed by atoms with Gasteiger partial charge in [0.2, 0.25) is 0 Å². The summed E-state index contributed by atoms with van der Waals surface area (Å²) in [6.07, 6.45) is 1.94. The molecule has 7 nitrogen and oxygen atoms in total. The summed E-state index contributed by atoms with van der Waals surface area (Å²) in [4.78, 5) is 17.4. The average Bonchev–Trinajstić information content (AvgIpc) is 2.79. The summed E-state index contributed by atoms with van der Waals surface area (Å²) in [6, 6.07) is 10.7. The molecule has 2 N–H and O–H groups in total. The Hall–Kier alpha value is -2.58. The minimum atomic E-state index is -3.82. The van der Waals surface area contributed by atoms with Crippen molar-refractivity contribution in [3.8, 4) is 0 Å². The maximum atomic E-state index is 13.3. The monoisotopic (exact) mass is 472 g/mol. The molecular weight excluding hydrogens is 436 g/mol. The molecule has 33 heavy (non-hydrogen) atoms. The van der Waals surface area contributed by atoms with Gasteiger partial charge in [0.15, 0.2) is 0 Å². The number of unbranched alkanes of at least 4 members (excludes halogenated alkanes) is 1. The van der Waals surface area contributed by atoms with Crippen LogP contribution in [-0.4, -0.2) is 58.5 Å². The van der Waals surface area contributed by atoms with Gasteiger partial charge >= 0.3 is 0 Å². The number of piperazine rings is 1. The molecule has 2 aromatic rings. The summed E-state index contributed by atoms with van der Waals surface area (Å²) in [7, 11) is -3.82. The van der Waals surface area contributed by atoms with Crippen molar-refractivity contribution in [2.24, 2.45) is 0 Å². The normalized spacial score (nSPS) is 14.2. The van der Waals surface area contributed by atoms with Crippen LogP contribution in [0.4, 0.5) is 11.4 Å². The Balaban J connectivity index is 2.00. The SMILES string of the molecule is CCCCN(CC)C(=O)c1ccc(N2CCNCC2)c(NS(=O)(=O)c2ccc(C)cc2C)c1. The molecule has 3 rings (SSSR count). The van der Waals surface area contributed by atoms with Crippen molar-refractivity contribution in [1.82, 2.24) is 10.2 Å². The Morgan fingerprint density at radius 1 is 1.09 bits per heavy atom. The van der Waals surface area contributed by atoms with E-state index >= 15 is 0 Å². The third-order valence-electron chi connectivity index (χ3n) is 6.02. The summed E-state index contributed by atoms with van der Waals surface area (Å²) >= 11 is 0. The summed E-state index contributed by atoms with van der Waals surface area (Å²) in [5, 5.41) is 3.32. The molecule has 1 fully saturated rings. The first kappa shape index (κ1) is 25.1. The molecular formula is C25H36N4O3S. The number of hydrogen-bond acceptors (Lipinski definition) is 5. The molecule has 8 heteroatoms. The van der Waals surface area contributed by atoms with Crippen LogP contribution in [-0.2, 0) is 10.0 Å². The zero-order chi connectivity index (χ0) is 24.0. The van der Waals surface area contributed by atoms with Crippen molar-refractivity contribution in [3.05, 3.63) is 53.1 Å². The molecule has 1 amide bonds. The van der Waals surface area contributed by atoms with Crippen LogP contribution in [0.1, 0.15) is 48.2 Å². The lowest BCUT2D eigenvalue weighted by atomic mass is 10.1. The highest BCUT2D eigenvalue weighted by Crippen LogP contribution is 2.31. The number of nitrogens with zero attached hydrogens (tertiary/aromatic N) is 2. The first-order chi connectivity index (χ1) is 15.8. The van der Waals surface area contributed by atoms with E-state index in [0.717, 1.165) is 50.3 Å². The molecule has 2 aromatic carbocycles. The van der Waals surface area contributed by atoms with Gasteiger partial charge in [-0.3, -0.25) is 9.52 Å². The summed E-state index contributed by atoms with van der Waals surface area (Å²) in [5.74, 6) is -0.0789.